The molecular weight excluding hydrogens is 518 g/mol. The predicted molar refractivity (Wildman–Crippen MR) is 165 cm³/mol. The van der Waals surface area contributed by atoms with E-state index in [-0.39, 0.29) is 5.92 Å². The van der Waals surface area contributed by atoms with E-state index in [1.54, 1.807) is 16.4 Å². The largest absolute Gasteiger partial charge is 0.385 e. The van der Waals surface area contributed by atoms with Gasteiger partial charge in [0.25, 0.3) is 0 Å². The monoisotopic (exact) mass is 561 g/mol. The number of nitrogens with two attached hydrogens (primary N) is 1. The fourth-order valence-electron chi connectivity index (χ4n) is 4.66. The maximum absolute atomic E-state index is 13.4. The van der Waals surface area contributed by atoms with Crippen LogP contribution in [-0.4, -0.2) is 37.2 Å². The molecule has 1 aromatic rings. The maximum Gasteiger partial charge on any atom is 0.243 e. The second kappa shape index (κ2) is 13.3. The molecule has 1 heterocycles. The Labute approximate surface area is 240 Å². The van der Waals surface area contributed by atoms with Crippen LogP contribution in [0.15, 0.2) is 117 Å². The molecule has 1 fully saturated rings. The Balaban J connectivity index is 1.86. The van der Waals surface area contributed by atoms with Crippen molar-refractivity contribution in [2.75, 3.05) is 13.1 Å². The van der Waals surface area contributed by atoms with Crippen LogP contribution in [-0.2, 0) is 10.0 Å². The Morgan fingerprint density at radius 3 is 2.48 bits per heavy atom. The normalized spacial score (nSPS) is 20.1. The van der Waals surface area contributed by atoms with E-state index in [4.69, 9.17) is 5.73 Å². The van der Waals surface area contributed by atoms with Gasteiger partial charge in [0, 0.05) is 13.1 Å². The first-order chi connectivity index (χ1) is 18.9. The topological polar surface area (TPSA) is 100 Å². The highest BCUT2D eigenvalue weighted by molar-refractivity contribution is 7.89. The van der Waals surface area contributed by atoms with E-state index in [0.717, 1.165) is 16.7 Å². The van der Waals surface area contributed by atoms with Gasteiger partial charge in [0.05, 0.1) is 15.8 Å². The van der Waals surface area contributed by atoms with Crippen LogP contribution in [0.2, 0.25) is 0 Å². The number of hydrogen-bond donors (Lipinski definition) is 1. The lowest BCUT2D eigenvalue weighted by atomic mass is 9.70. The number of sulfonamides is 1. The molecule has 0 spiro atoms. The lowest BCUT2D eigenvalue weighted by Gasteiger charge is -2.42. The number of allylic oxidation sites excluding steroid dienone is 9. The number of amidine groups is 1. The minimum absolute atomic E-state index is 0.288. The first-order valence-corrected chi connectivity index (χ1v) is 15.2. The van der Waals surface area contributed by atoms with Crippen LogP contribution in [0.3, 0.4) is 0 Å². The molecule has 0 saturated carbocycles. The van der Waals surface area contributed by atoms with E-state index >= 15 is 0 Å². The zero-order chi connectivity index (χ0) is 29.4. The molecule has 1 saturated heterocycles. The predicted octanol–water partition coefficient (Wildman–Crippen LogP) is 7.04. The third-order valence-electron chi connectivity index (χ3n) is 7.88. The van der Waals surface area contributed by atoms with Crippen molar-refractivity contribution in [3.8, 4) is 0 Å². The summed E-state index contributed by atoms with van der Waals surface area (Å²) in [4.78, 5) is 0.306. The number of hydrogen-bond acceptors (Lipinski definition) is 4. The molecule has 1 unspecified atom stereocenters. The van der Waals surface area contributed by atoms with Crippen LogP contribution >= 0.6 is 0 Å². The summed E-state index contributed by atoms with van der Waals surface area (Å²) in [6.45, 7) is 14.4. The van der Waals surface area contributed by atoms with E-state index in [1.807, 2.05) is 76.3 Å². The molecule has 2 N–H and O–H groups in total. The van der Waals surface area contributed by atoms with Gasteiger partial charge in [-0.15, -0.1) is 11.7 Å². The average molecular weight is 562 g/mol. The molecule has 1 aliphatic heterocycles. The first-order valence-electron chi connectivity index (χ1n) is 13.8. The summed E-state index contributed by atoms with van der Waals surface area (Å²) in [5, 5.41) is 13.1. The van der Waals surface area contributed by atoms with Crippen LogP contribution in [0.5, 0.6) is 0 Å². The van der Waals surface area contributed by atoms with Crippen molar-refractivity contribution in [2.45, 2.75) is 64.3 Å². The van der Waals surface area contributed by atoms with Gasteiger partial charge >= 0.3 is 0 Å². The molecule has 1 aromatic carbocycles. The smallest absolute Gasteiger partial charge is 0.243 e. The molecule has 3 rings (SSSR count). The van der Waals surface area contributed by atoms with E-state index in [1.165, 1.54) is 0 Å². The molecule has 40 heavy (non-hydrogen) atoms. The van der Waals surface area contributed by atoms with Crippen LogP contribution < -0.4 is 5.73 Å². The van der Waals surface area contributed by atoms with Gasteiger partial charge in [0.2, 0.25) is 10.0 Å². The number of benzene rings is 1. The molecule has 214 valence electrons. The van der Waals surface area contributed by atoms with Crippen LogP contribution in [0, 0.1) is 18.3 Å². The van der Waals surface area contributed by atoms with Gasteiger partial charge in [-0.05, 0) is 75.8 Å². The highest BCUT2D eigenvalue weighted by Gasteiger charge is 2.44. The second-order valence-corrected chi connectivity index (χ2v) is 13.0. The zero-order valence-corrected chi connectivity index (χ0v) is 25.2. The van der Waals surface area contributed by atoms with Crippen molar-refractivity contribution in [2.24, 2.45) is 32.5 Å². The van der Waals surface area contributed by atoms with E-state index in [0.29, 0.717) is 43.1 Å². The van der Waals surface area contributed by atoms with Crippen molar-refractivity contribution in [3.05, 3.63) is 102 Å². The van der Waals surface area contributed by atoms with Crippen molar-refractivity contribution >= 4 is 15.9 Å². The third kappa shape index (κ3) is 7.43. The third-order valence-corrected chi connectivity index (χ3v) is 9.79. The average Bonchev–Trinajstić information content (AvgIpc) is 3.23. The lowest BCUT2D eigenvalue weighted by Crippen LogP contribution is -2.49. The Hall–Kier alpha value is -3.36. The molecular formula is C32H43N5O2S. The number of rotatable bonds is 10. The number of nitrogens with zero attached hydrogens (tertiary/aromatic N) is 4. The summed E-state index contributed by atoms with van der Waals surface area (Å²) in [7, 11) is -3.61. The van der Waals surface area contributed by atoms with Crippen molar-refractivity contribution in [3.63, 3.8) is 0 Å². The first kappa shape index (κ1) is 31.2. The quantitative estimate of drug-likeness (QED) is 0.0828. The second-order valence-electron chi connectivity index (χ2n) is 11.1. The van der Waals surface area contributed by atoms with E-state index < -0.39 is 21.0 Å². The van der Waals surface area contributed by atoms with Crippen molar-refractivity contribution in [1.29, 1.82) is 0 Å². The van der Waals surface area contributed by atoms with E-state index in [2.05, 4.69) is 47.2 Å². The number of piperidine rings is 1. The zero-order valence-electron chi connectivity index (χ0n) is 24.4. The molecule has 1 atom stereocenters. The Morgan fingerprint density at radius 2 is 1.82 bits per heavy atom. The highest BCUT2D eigenvalue weighted by atomic mass is 32.2. The van der Waals surface area contributed by atoms with Crippen LogP contribution in [0.4, 0.5) is 0 Å². The number of aryl methyl sites for hydroxylation is 1. The van der Waals surface area contributed by atoms with E-state index in [9.17, 15) is 8.42 Å². The highest BCUT2D eigenvalue weighted by Crippen LogP contribution is 2.42. The van der Waals surface area contributed by atoms with Crippen molar-refractivity contribution < 1.29 is 8.42 Å². The van der Waals surface area contributed by atoms with Crippen LogP contribution in [0.25, 0.3) is 0 Å². The minimum Gasteiger partial charge on any atom is -0.385 e. The summed E-state index contributed by atoms with van der Waals surface area (Å²) < 4.78 is 28.3. The summed E-state index contributed by atoms with van der Waals surface area (Å²) in [5.74, 6) is 0.645. The maximum atomic E-state index is 13.4. The fraction of sp³-hybridized carbons (Fsp3) is 0.406. The molecule has 0 bridgehead atoms. The van der Waals surface area contributed by atoms with Crippen LogP contribution in [0.1, 0.15) is 52.5 Å². The Kier molecular flexibility index (Phi) is 10.4. The van der Waals surface area contributed by atoms with Gasteiger partial charge in [-0.25, -0.2) is 8.42 Å². The SMILES string of the molecule is C=CC(C)C=C/C=C(\C)C(C)(C)N=N/N=C(\N)C1(C2=CC=CC=CC2)CCN(S(=O)(=O)c2ccc(C)cc2)CC1. The molecule has 1 aliphatic carbocycles. The lowest BCUT2D eigenvalue weighted by molar-refractivity contribution is 0.252. The van der Waals surface area contributed by atoms with Gasteiger partial charge in [-0.1, -0.05) is 84.9 Å². The molecule has 8 heteroatoms. The van der Waals surface area contributed by atoms with Gasteiger partial charge in [0.15, 0.2) is 0 Å². The minimum atomic E-state index is -3.61. The summed E-state index contributed by atoms with van der Waals surface area (Å²) in [6, 6.07) is 6.98. The fourth-order valence-corrected chi connectivity index (χ4v) is 6.10. The van der Waals surface area contributed by atoms with Gasteiger partial charge in [-0.2, -0.15) is 9.42 Å². The summed E-state index contributed by atoms with van der Waals surface area (Å²) in [6.07, 6.45) is 19.8. The standard InChI is InChI=1S/C32H43N5O2S/c1-7-25(2)13-12-14-27(4)31(5,6)35-36-34-30(33)32(28-15-10-8-9-11-16-28)21-23-37(24-22-32)40(38,39)29-19-17-26(3)18-20-29/h7-15,17-20,25H,1,16,21-24H2,2-6H3,(H2,33,34,35)/b13-12?,27-14+. The molecule has 0 radical (unpaired) electrons. The Bertz CT molecular complexity index is 1370. The Morgan fingerprint density at radius 1 is 1.15 bits per heavy atom. The summed E-state index contributed by atoms with van der Waals surface area (Å²) in [5.41, 5.74) is 8.64. The van der Waals surface area contributed by atoms with Gasteiger partial charge < -0.3 is 5.73 Å². The summed E-state index contributed by atoms with van der Waals surface area (Å²) >= 11 is 0. The molecule has 0 aromatic heterocycles. The van der Waals surface area contributed by atoms with Crippen molar-refractivity contribution in [1.82, 2.24) is 4.31 Å². The van der Waals surface area contributed by atoms with Gasteiger partial charge in [-0.3, -0.25) is 0 Å². The molecule has 0 amide bonds. The van der Waals surface area contributed by atoms with Gasteiger partial charge in [0.1, 0.15) is 5.84 Å². The molecule has 2 aliphatic rings. The molecule has 7 nitrogen and oxygen atoms in total.